The van der Waals surface area contributed by atoms with Crippen LogP contribution in [0.3, 0.4) is 0 Å². The zero-order valence-electron chi connectivity index (χ0n) is 17.1. The number of carbonyl (C=O) groups is 1. The number of hydrogen-bond acceptors (Lipinski definition) is 5. The van der Waals surface area contributed by atoms with Gasteiger partial charge in [0.25, 0.3) is 5.91 Å². The molecule has 1 heterocycles. The maximum Gasteiger partial charge on any atom is 0.417 e. The van der Waals surface area contributed by atoms with Crippen molar-refractivity contribution >= 4 is 50.3 Å². The summed E-state index contributed by atoms with van der Waals surface area (Å²) >= 11 is 5.44. The Bertz CT molecular complexity index is 1250. The lowest BCUT2D eigenvalue weighted by Gasteiger charge is -2.29. The second-order valence-electron chi connectivity index (χ2n) is 7.58. The van der Waals surface area contributed by atoms with E-state index in [9.17, 15) is 26.4 Å². The highest BCUT2D eigenvalue weighted by molar-refractivity contribution is 7.92. The molecular weight excluding hydrogens is 465 g/mol. The summed E-state index contributed by atoms with van der Waals surface area (Å²) in [4.78, 5) is 15.6. The number of hydrogen-bond donors (Lipinski definition) is 1. The van der Waals surface area contributed by atoms with Crippen molar-refractivity contribution in [2.45, 2.75) is 25.6 Å². The van der Waals surface area contributed by atoms with Gasteiger partial charge in [-0.25, -0.2) is 8.42 Å². The van der Waals surface area contributed by atoms with Gasteiger partial charge in [-0.2, -0.15) is 18.4 Å². The van der Waals surface area contributed by atoms with Gasteiger partial charge in [0.2, 0.25) is 10.0 Å². The van der Waals surface area contributed by atoms with Crippen molar-refractivity contribution in [2.24, 2.45) is 0 Å². The second kappa shape index (κ2) is 7.75. The van der Waals surface area contributed by atoms with Crippen LogP contribution in [0.4, 0.5) is 30.2 Å². The summed E-state index contributed by atoms with van der Waals surface area (Å²) in [7, 11) is -3.48. The van der Waals surface area contributed by atoms with Gasteiger partial charge < -0.3 is 4.90 Å². The fourth-order valence-electron chi connectivity index (χ4n) is 3.35. The summed E-state index contributed by atoms with van der Waals surface area (Å²) in [5.74, 6) is -0.557. The maximum atomic E-state index is 13.4. The van der Waals surface area contributed by atoms with Crippen molar-refractivity contribution in [2.75, 3.05) is 20.8 Å². The molecule has 168 valence electrons. The summed E-state index contributed by atoms with van der Waals surface area (Å²) in [5.41, 5.74) is -2.35. The minimum atomic E-state index is -4.79. The number of halogens is 3. The molecule has 1 fully saturated rings. The van der Waals surface area contributed by atoms with Gasteiger partial charge >= 0.3 is 6.18 Å². The van der Waals surface area contributed by atoms with Crippen LogP contribution in [0.25, 0.3) is 0 Å². The normalized spacial score (nSPS) is 16.3. The van der Waals surface area contributed by atoms with E-state index in [-0.39, 0.29) is 10.8 Å². The SMILES string of the molecule is CC1(C)C(=O)N(c2ccc(C#N)c(C(F)(F)F)c2)C(=S)N1c1ccc(NS(C)(=O)=O)cc1. The van der Waals surface area contributed by atoms with Gasteiger partial charge in [-0.3, -0.25) is 14.4 Å². The molecule has 3 rings (SSSR count). The van der Waals surface area contributed by atoms with Crippen molar-refractivity contribution in [3.8, 4) is 6.07 Å². The average molecular weight is 483 g/mol. The molecule has 0 saturated carbocycles. The van der Waals surface area contributed by atoms with E-state index >= 15 is 0 Å². The summed E-state index contributed by atoms with van der Waals surface area (Å²) in [6.45, 7) is 3.14. The number of rotatable bonds is 4. The Labute approximate surface area is 188 Å². The Balaban J connectivity index is 2.04. The van der Waals surface area contributed by atoms with E-state index in [2.05, 4.69) is 4.72 Å². The number of alkyl halides is 3. The lowest BCUT2D eigenvalue weighted by atomic mass is 10.0. The van der Waals surface area contributed by atoms with Crippen molar-refractivity contribution in [1.82, 2.24) is 0 Å². The third kappa shape index (κ3) is 4.26. The van der Waals surface area contributed by atoms with Crippen LogP contribution in [0.1, 0.15) is 25.0 Å². The van der Waals surface area contributed by atoms with E-state index in [0.29, 0.717) is 11.4 Å². The van der Waals surface area contributed by atoms with Gasteiger partial charge in [-0.1, -0.05) is 0 Å². The first-order chi connectivity index (χ1) is 14.7. The first kappa shape index (κ1) is 23.5. The third-order valence-electron chi connectivity index (χ3n) is 4.78. The van der Waals surface area contributed by atoms with E-state index < -0.39 is 38.8 Å². The van der Waals surface area contributed by atoms with Crippen molar-refractivity contribution in [3.05, 3.63) is 53.6 Å². The number of nitrogens with one attached hydrogen (secondary N) is 1. The van der Waals surface area contributed by atoms with Crippen LogP contribution in [0.2, 0.25) is 0 Å². The highest BCUT2D eigenvalue weighted by Gasteiger charge is 2.50. The number of carbonyl (C=O) groups excluding carboxylic acids is 1. The Morgan fingerprint density at radius 2 is 1.66 bits per heavy atom. The smallest absolute Gasteiger partial charge is 0.304 e. The predicted octanol–water partition coefficient (Wildman–Crippen LogP) is 3.87. The number of amides is 1. The van der Waals surface area contributed by atoms with Gasteiger partial charge in [0.1, 0.15) is 5.54 Å². The molecule has 0 spiro atoms. The zero-order valence-corrected chi connectivity index (χ0v) is 18.7. The van der Waals surface area contributed by atoms with Crippen molar-refractivity contribution in [3.63, 3.8) is 0 Å². The quantitative estimate of drug-likeness (QED) is 0.665. The summed E-state index contributed by atoms with van der Waals surface area (Å²) in [5, 5.41) is 8.95. The molecular formula is C20H17F3N4O3S2. The van der Waals surface area contributed by atoms with E-state index in [1.807, 2.05) is 0 Å². The Hall–Kier alpha value is -3.17. The number of anilines is 3. The van der Waals surface area contributed by atoms with Gasteiger partial charge in [-0.15, -0.1) is 0 Å². The highest BCUT2D eigenvalue weighted by Crippen LogP contribution is 2.39. The molecule has 0 unspecified atom stereocenters. The molecule has 12 heteroatoms. The number of benzene rings is 2. The fourth-order valence-corrected chi connectivity index (χ4v) is 4.44. The van der Waals surface area contributed by atoms with Gasteiger partial charge in [0, 0.05) is 11.4 Å². The number of nitriles is 1. The minimum absolute atomic E-state index is 0.0540. The molecule has 2 aromatic rings. The molecule has 1 amide bonds. The van der Waals surface area contributed by atoms with E-state index in [1.54, 1.807) is 13.8 Å². The van der Waals surface area contributed by atoms with Gasteiger partial charge in [-0.05, 0) is 68.5 Å². The molecule has 0 bridgehead atoms. The van der Waals surface area contributed by atoms with E-state index in [0.717, 1.165) is 23.3 Å². The predicted molar refractivity (Wildman–Crippen MR) is 118 cm³/mol. The van der Waals surface area contributed by atoms with Crippen LogP contribution >= 0.6 is 12.2 Å². The maximum absolute atomic E-state index is 13.4. The second-order valence-corrected chi connectivity index (χ2v) is 9.69. The monoisotopic (exact) mass is 482 g/mol. The first-order valence-electron chi connectivity index (χ1n) is 9.05. The minimum Gasteiger partial charge on any atom is -0.304 e. The summed E-state index contributed by atoms with van der Waals surface area (Å²) in [6.07, 6.45) is -3.79. The fraction of sp³-hybridized carbons (Fsp3) is 0.250. The molecule has 1 saturated heterocycles. The zero-order chi connectivity index (χ0) is 24.1. The number of nitrogens with zero attached hydrogens (tertiary/aromatic N) is 3. The van der Waals surface area contributed by atoms with Crippen LogP contribution in [-0.2, 0) is 21.0 Å². The van der Waals surface area contributed by atoms with Gasteiger partial charge in [0.15, 0.2) is 5.11 Å². The van der Waals surface area contributed by atoms with Crippen LogP contribution in [0.5, 0.6) is 0 Å². The Morgan fingerprint density at radius 3 is 2.16 bits per heavy atom. The molecule has 1 aliphatic rings. The van der Waals surface area contributed by atoms with Crippen molar-refractivity contribution in [1.29, 1.82) is 5.26 Å². The van der Waals surface area contributed by atoms with Crippen molar-refractivity contribution < 1.29 is 26.4 Å². The standard InChI is InChI=1S/C20H17F3N4O3S2/c1-19(2)17(28)26(15-7-4-12(11-24)16(10-15)20(21,22)23)18(31)27(19)14-8-5-13(6-9-14)25-32(3,29)30/h4-10,25H,1-3H3. The Morgan fingerprint density at radius 1 is 1.09 bits per heavy atom. The molecule has 0 atom stereocenters. The van der Waals surface area contributed by atoms with Gasteiger partial charge in [0.05, 0.1) is 29.1 Å². The Kier molecular flexibility index (Phi) is 5.69. The third-order valence-corrected chi connectivity index (χ3v) is 5.76. The molecule has 0 radical (unpaired) electrons. The molecule has 1 N–H and O–H groups in total. The molecule has 32 heavy (non-hydrogen) atoms. The molecule has 0 aromatic heterocycles. The lowest BCUT2D eigenvalue weighted by molar-refractivity contribution is -0.137. The van der Waals surface area contributed by atoms with E-state index in [1.165, 1.54) is 41.3 Å². The number of sulfonamides is 1. The summed E-state index contributed by atoms with van der Waals surface area (Å²) < 4.78 is 65.3. The highest BCUT2D eigenvalue weighted by atomic mass is 32.2. The average Bonchev–Trinajstić information content (AvgIpc) is 2.84. The topological polar surface area (TPSA) is 93.5 Å². The number of thiocarbonyl (C=S) groups is 1. The van der Waals surface area contributed by atoms with E-state index in [4.69, 9.17) is 17.5 Å². The lowest BCUT2D eigenvalue weighted by Crippen LogP contribution is -2.44. The largest absolute Gasteiger partial charge is 0.417 e. The van der Waals surface area contributed by atoms with Crippen LogP contribution in [0.15, 0.2) is 42.5 Å². The molecule has 0 aliphatic carbocycles. The van der Waals surface area contributed by atoms with Crippen LogP contribution < -0.4 is 14.5 Å². The van der Waals surface area contributed by atoms with Crippen LogP contribution in [-0.4, -0.2) is 31.2 Å². The molecule has 1 aliphatic heterocycles. The first-order valence-corrected chi connectivity index (χ1v) is 11.3. The van der Waals surface area contributed by atoms with Crippen LogP contribution in [0, 0.1) is 11.3 Å². The molecule has 7 nitrogen and oxygen atoms in total. The molecule has 2 aromatic carbocycles. The summed E-state index contributed by atoms with van der Waals surface area (Å²) in [6, 6.07) is 10.5.